The summed E-state index contributed by atoms with van der Waals surface area (Å²) in [5.74, 6) is 0. The number of amides is 2. The van der Waals surface area contributed by atoms with Crippen LogP contribution in [0.5, 0.6) is 0 Å². The number of methoxy groups -OCH3 is 1. The van der Waals surface area contributed by atoms with Crippen molar-refractivity contribution in [1.29, 1.82) is 0 Å². The molecular formula is C17H29N5O2. The Bertz CT molecular complexity index is 547. The first-order chi connectivity index (χ1) is 11.6. The highest BCUT2D eigenvalue weighted by atomic mass is 16.5. The molecule has 1 saturated carbocycles. The van der Waals surface area contributed by atoms with Gasteiger partial charge in [0.1, 0.15) is 0 Å². The number of nitrogens with one attached hydrogen (secondary N) is 1. The number of aryl methyl sites for hydroxylation is 1. The molecule has 2 aliphatic rings. The molecule has 0 unspecified atom stereocenters. The molecule has 1 aliphatic heterocycles. The molecule has 24 heavy (non-hydrogen) atoms. The summed E-state index contributed by atoms with van der Waals surface area (Å²) in [4.78, 5) is 16.9. The average molecular weight is 335 g/mol. The van der Waals surface area contributed by atoms with E-state index in [2.05, 4.69) is 21.5 Å². The van der Waals surface area contributed by atoms with Crippen LogP contribution in [0, 0.1) is 0 Å². The monoisotopic (exact) mass is 335 g/mol. The van der Waals surface area contributed by atoms with Crippen LogP contribution in [-0.4, -0.2) is 71.0 Å². The van der Waals surface area contributed by atoms with Gasteiger partial charge in [0.15, 0.2) is 0 Å². The van der Waals surface area contributed by atoms with Gasteiger partial charge in [-0.2, -0.15) is 5.10 Å². The standard InChI is InChI=1S/C17H29N5O2/c1-20-12-14(11-18-20)13-21-6-3-7-22(9-8-21)17(23)19-15-4-5-16(10-15)24-2/h11-12,15-16H,3-10,13H2,1-2H3,(H,19,23)/t15-,16+/m0/s1. The SMILES string of the molecule is CO[C@@H]1CC[C@H](NC(=O)N2CCCN(Cc3cnn(C)c3)CC2)C1. The van der Waals surface area contributed by atoms with Gasteiger partial charge in [-0.3, -0.25) is 9.58 Å². The van der Waals surface area contributed by atoms with E-state index in [0.29, 0.717) is 6.10 Å². The maximum atomic E-state index is 12.5. The predicted octanol–water partition coefficient (Wildman–Crippen LogP) is 1.20. The zero-order valence-corrected chi connectivity index (χ0v) is 14.8. The number of hydrogen-bond donors (Lipinski definition) is 1. The molecule has 1 aromatic heterocycles. The molecule has 2 heterocycles. The Hall–Kier alpha value is -1.60. The number of carbonyl (C=O) groups is 1. The fourth-order valence-electron chi connectivity index (χ4n) is 3.70. The molecule has 2 fully saturated rings. The van der Waals surface area contributed by atoms with Crippen LogP contribution in [0.1, 0.15) is 31.2 Å². The molecule has 3 rings (SSSR count). The summed E-state index contributed by atoms with van der Waals surface area (Å²) in [5.41, 5.74) is 1.23. The third-order valence-electron chi connectivity index (χ3n) is 5.09. The Morgan fingerprint density at radius 1 is 1.33 bits per heavy atom. The molecule has 1 aliphatic carbocycles. The second-order valence-electron chi connectivity index (χ2n) is 6.96. The summed E-state index contributed by atoms with van der Waals surface area (Å²) >= 11 is 0. The van der Waals surface area contributed by atoms with E-state index < -0.39 is 0 Å². The molecule has 7 nitrogen and oxygen atoms in total. The van der Waals surface area contributed by atoms with E-state index in [1.54, 1.807) is 7.11 Å². The van der Waals surface area contributed by atoms with Crippen LogP contribution < -0.4 is 5.32 Å². The van der Waals surface area contributed by atoms with E-state index in [1.807, 2.05) is 22.8 Å². The maximum absolute atomic E-state index is 12.5. The molecule has 0 spiro atoms. The Morgan fingerprint density at radius 3 is 2.92 bits per heavy atom. The van der Waals surface area contributed by atoms with Gasteiger partial charge in [0.25, 0.3) is 0 Å². The zero-order valence-electron chi connectivity index (χ0n) is 14.8. The molecule has 1 N–H and O–H groups in total. The van der Waals surface area contributed by atoms with E-state index in [4.69, 9.17) is 4.74 Å². The number of aromatic nitrogens is 2. The lowest BCUT2D eigenvalue weighted by Gasteiger charge is -2.24. The molecule has 0 aromatic carbocycles. The van der Waals surface area contributed by atoms with Crippen molar-refractivity contribution in [1.82, 2.24) is 24.9 Å². The number of carbonyl (C=O) groups excluding carboxylic acids is 1. The van der Waals surface area contributed by atoms with Gasteiger partial charge in [0.05, 0.1) is 12.3 Å². The summed E-state index contributed by atoms with van der Waals surface area (Å²) in [7, 11) is 3.69. The minimum absolute atomic E-state index is 0.0833. The van der Waals surface area contributed by atoms with Crippen molar-refractivity contribution in [2.24, 2.45) is 7.05 Å². The summed E-state index contributed by atoms with van der Waals surface area (Å²) in [6.07, 6.45) is 8.28. The molecule has 2 atom stereocenters. The van der Waals surface area contributed by atoms with Gasteiger partial charge in [0.2, 0.25) is 0 Å². The fraction of sp³-hybridized carbons (Fsp3) is 0.765. The highest BCUT2D eigenvalue weighted by Gasteiger charge is 2.27. The molecule has 7 heteroatoms. The average Bonchev–Trinajstić information content (AvgIpc) is 3.11. The van der Waals surface area contributed by atoms with E-state index in [-0.39, 0.29) is 12.1 Å². The quantitative estimate of drug-likeness (QED) is 0.898. The van der Waals surface area contributed by atoms with Crippen molar-refractivity contribution in [2.75, 3.05) is 33.3 Å². The number of ether oxygens (including phenoxy) is 1. The van der Waals surface area contributed by atoms with Crippen LogP contribution in [0.4, 0.5) is 4.79 Å². The van der Waals surface area contributed by atoms with Gasteiger partial charge in [0, 0.05) is 64.7 Å². The molecule has 0 radical (unpaired) electrons. The molecule has 0 bridgehead atoms. The number of hydrogen-bond acceptors (Lipinski definition) is 4. The molecule has 2 amide bonds. The first kappa shape index (κ1) is 17.2. The van der Waals surface area contributed by atoms with E-state index in [1.165, 1.54) is 5.56 Å². The second kappa shape index (κ2) is 7.98. The van der Waals surface area contributed by atoms with Crippen molar-refractivity contribution in [3.05, 3.63) is 18.0 Å². The van der Waals surface area contributed by atoms with Gasteiger partial charge >= 0.3 is 6.03 Å². The van der Waals surface area contributed by atoms with E-state index >= 15 is 0 Å². The van der Waals surface area contributed by atoms with E-state index in [0.717, 1.165) is 58.4 Å². The first-order valence-corrected chi connectivity index (χ1v) is 8.92. The number of nitrogens with zero attached hydrogens (tertiary/aromatic N) is 4. The van der Waals surface area contributed by atoms with Crippen molar-refractivity contribution >= 4 is 6.03 Å². The van der Waals surface area contributed by atoms with Gasteiger partial charge < -0.3 is 15.0 Å². The number of rotatable bonds is 4. The van der Waals surface area contributed by atoms with Crippen LogP contribution in [0.2, 0.25) is 0 Å². The third kappa shape index (κ3) is 4.48. The highest BCUT2D eigenvalue weighted by Crippen LogP contribution is 2.21. The molecule has 1 aromatic rings. The zero-order chi connectivity index (χ0) is 16.9. The largest absolute Gasteiger partial charge is 0.381 e. The molecule has 134 valence electrons. The van der Waals surface area contributed by atoms with Crippen molar-refractivity contribution < 1.29 is 9.53 Å². The van der Waals surface area contributed by atoms with Crippen molar-refractivity contribution in [3.8, 4) is 0 Å². The molecular weight excluding hydrogens is 306 g/mol. The summed E-state index contributed by atoms with van der Waals surface area (Å²) in [5, 5.41) is 7.41. The van der Waals surface area contributed by atoms with Crippen molar-refractivity contribution in [3.63, 3.8) is 0 Å². The third-order valence-corrected chi connectivity index (χ3v) is 5.09. The molecule has 1 saturated heterocycles. The van der Waals surface area contributed by atoms with Crippen LogP contribution in [0.3, 0.4) is 0 Å². The van der Waals surface area contributed by atoms with Crippen molar-refractivity contribution in [2.45, 2.75) is 44.4 Å². The first-order valence-electron chi connectivity index (χ1n) is 8.92. The Kier molecular flexibility index (Phi) is 5.73. The lowest BCUT2D eigenvalue weighted by atomic mass is 10.2. The number of urea groups is 1. The van der Waals surface area contributed by atoms with Crippen LogP contribution in [0.15, 0.2) is 12.4 Å². The fourth-order valence-corrected chi connectivity index (χ4v) is 3.70. The summed E-state index contributed by atoms with van der Waals surface area (Å²) < 4.78 is 7.22. The lowest BCUT2D eigenvalue weighted by Crippen LogP contribution is -2.45. The maximum Gasteiger partial charge on any atom is 0.317 e. The summed E-state index contributed by atoms with van der Waals surface area (Å²) in [6.45, 7) is 4.45. The Labute approximate surface area is 143 Å². The van der Waals surface area contributed by atoms with Crippen LogP contribution in [-0.2, 0) is 18.3 Å². The van der Waals surface area contributed by atoms with Gasteiger partial charge in [-0.1, -0.05) is 0 Å². The smallest absolute Gasteiger partial charge is 0.317 e. The Balaban J connectivity index is 1.45. The van der Waals surface area contributed by atoms with Gasteiger partial charge in [-0.15, -0.1) is 0 Å². The Morgan fingerprint density at radius 2 is 2.21 bits per heavy atom. The van der Waals surface area contributed by atoms with Gasteiger partial charge in [-0.25, -0.2) is 4.79 Å². The van der Waals surface area contributed by atoms with Crippen LogP contribution in [0.25, 0.3) is 0 Å². The minimum atomic E-state index is 0.0833. The predicted molar refractivity (Wildman–Crippen MR) is 91.6 cm³/mol. The topological polar surface area (TPSA) is 62.6 Å². The van der Waals surface area contributed by atoms with Crippen LogP contribution >= 0.6 is 0 Å². The normalized spacial score (nSPS) is 25.7. The van der Waals surface area contributed by atoms with Gasteiger partial charge in [-0.05, 0) is 25.7 Å². The lowest BCUT2D eigenvalue weighted by molar-refractivity contribution is 0.107. The summed E-state index contributed by atoms with van der Waals surface area (Å²) in [6, 6.07) is 0.345. The minimum Gasteiger partial charge on any atom is -0.381 e. The van der Waals surface area contributed by atoms with E-state index in [9.17, 15) is 4.79 Å². The highest BCUT2D eigenvalue weighted by molar-refractivity contribution is 5.74. The second-order valence-corrected chi connectivity index (χ2v) is 6.96.